The Hall–Kier alpha value is -2.29. The van der Waals surface area contributed by atoms with Gasteiger partial charge in [-0.25, -0.2) is 9.37 Å². The summed E-state index contributed by atoms with van der Waals surface area (Å²) in [5.74, 6) is 1.31. The smallest absolute Gasteiger partial charge is 0.150 e. The first-order chi connectivity index (χ1) is 13.6. The van der Waals surface area contributed by atoms with E-state index in [1.54, 1.807) is 23.5 Å². The average molecular weight is 402 g/mol. The molecule has 8 heteroatoms. The Morgan fingerprint density at radius 2 is 1.82 bits per heavy atom. The van der Waals surface area contributed by atoms with Gasteiger partial charge in [0.2, 0.25) is 0 Å². The van der Waals surface area contributed by atoms with Crippen molar-refractivity contribution in [2.45, 2.75) is 26.6 Å². The largest absolute Gasteiger partial charge is 0.486 e. The van der Waals surface area contributed by atoms with Gasteiger partial charge in [-0.2, -0.15) is 0 Å². The first-order valence-electron chi connectivity index (χ1n) is 9.32. The molecule has 0 amide bonds. The molecule has 1 aromatic carbocycles. The quantitative estimate of drug-likeness (QED) is 0.603. The van der Waals surface area contributed by atoms with E-state index in [1.165, 1.54) is 12.1 Å². The third kappa shape index (κ3) is 5.15. The molecule has 0 atom stereocenters. The number of halogens is 1. The molecular formula is C20H23FN4O2S. The minimum atomic E-state index is -0.264. The highest BCUT2D eigenvalue weighted by Crippen LogP contribution is 2.18. The van der Waals surface area contributed by atoms with E-state index in [0.29, 0.717) is 12.4 Å². The molecule has 3 aromatic rings. The van der Waals surface area contributed by atoms with E-state index in [-0.39, 0.29) is 5.82 Å². The molecule has 0 N–H and O–H groups in total. The van der Waals surface area contributed by atoms with Crippen molar-refractivity contribution in [3.8, 4) is 5.75 Å². The monoisotopic (exact) mass is 402 g/mol. The number of thiazole rings is 1. The van der Waals surface area contributed by atoms with Gasteiger partial charge in [-0.05, 0) is 31.2 Å². The number of ether oxygens (including phenoxy) is 1. The topological polar surface area (TPSA) is 54.6 Å². The molecule has 0 unspecified atom stereocenters. The van der Waals surface area contributed by atoms with E-state index in [1.807, 2.05) is 13.0 Å². The van der Waals surface area contributed by atoms with Crippen molar-refractivity contribution in [3.05, 3.63) is 63.7 Å². The van der Waals surface area contributed by atoms with Crippen LogP contribution in [0.1, 0.15) is 22.2 Å². The first-order valence-corrected chi connectivity index (χ1v) is 10.2. The summed E-state index contributed by atoms with van der Waals surface area (Å²) in [7, 11) is 0. The molecule has 0 aliphatic carbocycles. The first kappa shape index (κ1) is 19.0. The molecule has 1 saturated heterocycles. The molecule has 1 aliphatic heterocycles. The number of aromatic nitrogens is 2. The van der Waals surface area contributed by atoms with Crippen LogP contribution in [0.4, 0.5) is 4.39 Å². The molecular weight excluding hydrogens is 379 g/mol. The van der Waals surface area contributed by atoms with Gasteiger partial charge in [0.15, 0.2) is 5.76 Å². The van der Waals surface area contributed by atoms with Crippen LogP contribution in [0, 0.1) is 12.7 Å². The van der Waals surface area contributed by atoms with Crippen molar-refractivity contribution in [2.24, 2.45) is 0 Å². The Kier molecular flexibility index (Phi) is 5.99. The summed E-state index contributed by atoms with van der Waals surface area (Å²) in [6.07, 6.45) is 0. The second-order valence-corrected chi connectivity index (χ2v) is 7.90. The van der Waals surface area contributed by atoms with E-state index in [0.717, 1.165) is 61.4 Å². The van der Waals surface area contributed by atoms with Gasteiger partial charge in [0.05, 0.1) is 17.9 Å². The maximum atomic E-state index is 12.9. The van der Waals surface area contributed by atoms with E-state index in [9.17, 15) is 4.39 Å². The molecule has 4 rings (SSSR count). The normalized spacial score (nSPS) is 15.8. The van der Waals surface area contributed by atoms with Crippen LogP contribution >= 0.6 is 11.3 Å². The number of hydrogen-bond donors (Lipinski definition) is 0. The van der Waals surface area contributed by atoms with E-state index < -0.39 is 0 Å². The van der Waals surface area contributed by atoms with Crippen LogP contribution in [0.15, 0.2) is 40.2 Å². The highest BCUT2D eigenvalue weighted by molar-refractivity contribution is 7.09. The molecule has 0 radical (unpaired) electrons. The molecule has 6 nitrogen and oxygen atoms in total. The van der Waals surface area contributed by atoms with Gasteiger partial charge in [-0.1, -0.05) is 5.16 Å². The Labute approximate surface area is 167 Å². The molecule has 0 bridgehead atoms. The van der Waals surface area contributed by atoms with Crippen LogP contribution in [0.5, 0.6) is 5.75 Å². The van der Waals surface area contributed by atoms with Crippen molar-refractivity contribution in [1.29, 1.82) is 0 Å². The summed E-state index contributed by atoms with van der Waals surface area (Å²) in [6.45, 7) is 8.03. The van der Waals surface area contributed by atoms with Crippen molar-refractivity contribution >= 4 is 11.3 Å². The zero-order valence-corrected chi connectivity index (χ0v) is 16.6. The van der Waals surface area contributed by atoms with E-state index >= 15 is 0 Å². The summed E-state index contributed by atoms with van der Waals surface area (Å²) in [5.41, 5.74) is 2.00. The third-order valence-electron chi connectivity index (χ3n) is 4.68. The number of hydrogen-bond acceptors (Lipinski definition) is 7. The SMILES string of the molecule is Cc1cc(CN2CCN(Cc3csc(COc4ccc(F)cc4)n3)CC2)on1. The summed E-state index contributed by atoms with van der Waals surface area (Å²) >= 11 is 1.60. The van der Waals surface area contributed by atoms with E-state index in [2.05, 4.69) is 25.3 Å². The lowest BCUT2D eigenvalue weighted by Gasteiger charge is -2.33. The Morgan fingerprint density at radius 1 is 1.11 bits per heavy atom. The maximum Gasteiger partial charge on any atom is 0.150 e. The minimum absolute atomic E-state index is 0.264. The maximum absolute atomic E-state index is 12.9. The predicted octanol–water partition coefficient (Wildman–Crippen LogP) is 3.48. The van der Waals surface area contributed by atoms with Gasteiger partial charge in [0.1, 0.15) is 23.2 Å². The molecule has 1 fully saturated rings. The number of rotatable bonds is 7. The van der Waals surface area contributed by atoms with Gasteiger partial charge in [-0.15, -0.1) is 11.3 Å². The number of nitrogens with zero attached hydrogens (tertiary/aromatic N) is 4. The van der Waals surface area contributed by atoms with Gasteiger partial charge >= 0.3 is 0 Å². The molecule has 148 valence electrons. The van der Waals surface area contributed by atoms with Crippen molar-refractivity contribution in [3.63, 3.8) is 0 Å². The Bertz CT molecular complexity index is 888. The van der Waals surface area contributed by atoms with Gasteiger partial charge < -0.3 is 9.26 Å². The van der Waals surface area contributed by atoms with Crippen LogP contribution in [-0.4, -0.2) is 46.1 Å². The molecule has 3 heterocycles. The number of piperazine rings is 1. The van der Waals surface area contributed by atoms with E-state index in [4.69, 9.17) is 9.26 Å². The highest BCUT2D eigenvalue weighted by Gasteiger charge is 2.19. The minimum Gasteiger partial charge on any atom is -0.486 e. The molecule has 0 spiro atoms. The number of benzene rings is 1. The summed E-state index contributed by atoms with van der Waals surface area (Å²) < 4.78 is 23.9. The predicted molar refractivity (Wildman–Crippen MR) is 105 cm³/mol. The third-order valence-corrected chi connectivity index (χ3v) is 5.55. The fourth-order valence-corrected chi connectivity index (χ4v) is 3.91. The second-order valence-electron chi connectivity index (χ2n) is 6.96. The van der Waals surface area contributed by atoms with Crippen molar-refractivity contribution < 1.29 is 13.7 Å². The molecule has 1 aliphatic rings. The lowest BCUT2D eigenvalue weighted by atomic mass is 10.2. The van der Waals surface area contributed by atoms with Crippen molar-refractivity contribution in [1.82, 2.24) is 19.9 Å². The second kappa shape index (κ2) is 8.81. The lowest BCUT2D eigenvalue weighted by Crippen LogP contribution is -2.45. The average Bonchev–Trinajstić information content (AvgIpc) is 3.32. The lowest BCUT2D eigenvalue weighted by molar-refractivity contribution is 0.113. The zero-order chi connectivity index (χ0) is 19.3. The van der Waals surface area contributed by atoms with Gasteiger partial charge in [0, 0.05) is 44.2 Å². The van der Waals surface area contributed by atoms with Crippen LogP contribution < -0.4 is 4.74 Å². The zero-order valence-electron chi connectivity index (χ0n) is 15.8. The number of aryl methyl sites for hydroxylation is 1. The van der Waals surface area contributed by atoms with Gasteiger partial charge in [-0.3, -0.25) is 9.80 Å². The summed E-state index contributed by atoms with van der Waals surface area (Å²) in [5, 5.41) is 6.97. The van der Waals surface area contributed by atoms with Crippen LogP contribution in [0.2, 0.25) is 0 Å². The van der Waals surface area contributed by atoms with Crippen molar-refractivity contribution in [2.75, 3.05) is 26.2 Å². The summed E-state index contributed by atoms with van der Waals surface area (Å²) in [4.78, 5) is 9.47. The highest BCUT2D eigenvalue weighted by atomic mass is 32.1. The molecule has 0 saturated carbocycles. The Balaban J connectivity index is 1.21. The fraction of sp³-hybridized carbons (Fsp3) is 0.400. The summed E-state index contributed by atoms with van der Waals surface area (Å²) in [6, 6.07) is 8.04. The van der Waals surface area contributed by atoms with Crippen LogP contribution in [0.3, 0.4) is 0 Å². The Morgan fingerprint density at radius 3 is 2.50 bits per heavy atom. The molecule has 2 aromatic heterocycles. The van der Waals surface area contributed by atoms with Gasteiger partial charge in [0.25, 0.3) is 0 Å². The van der Waals surface area contributed by atoms with Crippen LogP contribution in [0.25, 0.3) is 0 Å². The fourth-order valence-electron chi connectivity index (χ4n) is 3.21. The molecule has 28 heavy (non-hydrogen) atoms. The standard InChI is InChI=1S/C20H23FN4O2S/c1-15-10-19(27-23-15)12-25-8-6-24(7-9-25)11-17-14-28-20(22-17)13-26-18-4-2-16(21)3-5-18/h2-5,10,14H,6-9,11-13H2,1H3. The van der Waals surface area contributed by atoms with Crippen LogP contribution in [-0.2, 0) is 19.7 Å².